The quantitative estimate of drug-likeness (QED) is 0.511. The molecule has 2 rings (SSSR count). The maximum atomic E-state index is 13.9. The van der Waals surface area contributed by atoms with Crippen LogP contribution >= 0.6 is 0 Å². The summed E-state index contributed by atoms with van der Waals surface area (Å²) in [7, 11) is 4.00. The first-order valence-corrected chi connectivity index (χ1v) is 10.1. The molecule has 1 amide bonds. The Hall–Kier alpha value is -1.92. The number of nitrogens with zero attached hydrogens (tertiary/aromatic N) is 2. The number of carbonyl (C=O) groups excluding carboxylic acids is 1. The highest BCUT2D eigenvalue weighted by Crippen LogP contribution is 2.29. The van der Waals surface area contributed by atoms with E-state index in [9.17, 15) is 9.18 Å². The molecule has 0 aliphatic carbocycles. The molecule has 0 N–H and O–H groups in total. The number of ether oxygens (including phenoxy) is 1. The molecule has 1 aromatic carbocycles. The third-order valence-electron chi connectivity index (χ3n) is 5.43. The molecule has 0 aromatic heterocycles. The van der Waals surface area contributed by atoms with E-state index in [2.05, 4.69) is 20.8 Å². The van der Waals surface area contributed by atoms with Crippen LogP contribution < -0.4 is 0 Å². The Morgan fingerprint density at radius 3 is 2.34 bits per heavy atom. The third-order valence-corrected chi connectivity index (χ3v) is 5.43. The van der Waals surface area contributed by atoms with Crippen molar-refractivity contribution < 1.29 is 23.4 Å². The number of hydrogen-bond donors (Lipinski definition) is 0. The van der Waals surface area contributed by atoms with Gasteiger partial charge >= 0.3 is 6.09 Å². The first-order chi connectivity index (χ1) is 13.2. The second kappa shape index (κ2) is 8.44. The summed E-state index contributed by atoms with van der Waals surface area (Å²) in [6.07, 6.45) is 2.41. The highest BCUT2D eigenvalue weighted by atomic mass is 19.1. The van der Waals surface area contributed by atoms with Crippen LogP contribution in [-0.4, -0.2) is 54.0 Å². The number of rotatable bonds is 4. The highest BCUT2D eigenvalue weighted by Gasteiger charge is 2.34. The van der Waals surface area contributed by atoms with Gasteiger partial charge < -0.3 is 9.64 Å². The van der Waals surface area contributed by atoms with Gasteiger partial charge in [0.05, 0.1) is 14.1 Å². The first kappa shape index (κ1) is 23.4. The maximum absolute atomic E-state index is 13.9. The molecular formula is C23H36FN2O3+. The van der Waals surface area contributed by atoms with Crippen molar-refractivity contribution in [1.29, 1.82) is 0 Å². The summed E-state index contributed by atoms with van der Waals surface area (Å²) in [5.41, 5.74) is 2.28. The number of hydrogen-bond acceptors (Lipinski definition) is 3. The molecule has 0 fully saturated rings. The summed E-state index contributed by atoms with van der Waals surface area (Å²) >= 11 is 0. The topological polar surface area (TPSA) is 38.8 Å². The van der Waals surface area contributed by atoms with Crippen LogP contribution in [0.2, 0.25) is 0 Å². The van der Waals surface area contributed by atoms with E-state index in [1.807, 2.05) is 40.9 Å². The standard InChI is InChI=1S/C23H36FN2O3/c1-22(2,3)26(7,8)28-16-18-15-19(24)9-10-20(18)17-11-13-25(14-12-17)21(27)29-23(4,5)6/h9-11,15H,12-14,16H2,1-8H3/q+1. The van der Waals surface area contributed by atoms with Gasteiger partial charge in [-0.05, 0) is 76.8 Å². The Balaban J connectivity index is 2.16. The fraction of sp³-hybridized carbons (Fsp3) is 0.609. The Bertz CT molecular complexity index is 773. The number of carbonyl (C=O) groups is 1. The SMILES string of the molecule is CC(C)(C)OC(=O)N1CC=C(c2ccc(F)cc2CO[N+](C)(C)C(C)(C)C)CC1. The zero-order valence-electron chi connectivity index (χ0n) is 19.1. The van der Waals surface area contributed by atoms with Crippen LogP contribution in [0, 0.1) is 5.82 Å². The largest absolute Gasteiger partial charge is 0.444 e. The van der Waals surface area contributed by atoms with Crippen molar-refractivity contribution in [1.82, 2.24) is 4.90 Å². The Labute approximate surface area is 174 Å². The molecule has 1 aliphatic heterocycles. The van der Waals surface area contributed by atoms with E-state index in [1.54, 1.807) is 17.0 Å². The van der Waals surface area contributed by atoms with Crippen LogP contribution in [0.25, 0.3) is 5.57 Å². The predicted octanol–water partition coefficient (Wildman–Crippen LogP) is 5.16. The minimum absolute atomic E-state index is 0.106. The second-order valence-electron chi connectivity index (χ2n) is 10.0. The molecule has 6 heteroatoms. The lowest BCUT2D eigenvalue weighted by Crippen LogP contribution is -2.53. The highest BCUT2D eigenvalue weighted by molar-refractivity contribution is 5.73. The van der Waals surface area contributed by atoms with Gasteiger partial charge in [-0.2, -0.15) is 9.48 Å². The molecule has 162 valence electrons. The summed E-state index contributed by atoms with van der Waals surface area (Å²) in [6, 6.07) is 4.82. The van der Waals surface area contributed by atoms with E-state index >= 15 is 0 Å². The molecule has 0 bridgehead atoms. The second-order valence-corrected chi connectivity index (χ2v) is 10.0. The molecule has 5 nitrogen and oxygen atoms in total. The average Bonchev–Trinajstić information content (AvgIpc) is 2.58. The van der Waals surface area contributed by atoms with Crippen molar-refractivity contribution in [3.05, 3.63) is 41.2 Å². The minimum Gasteiger partial charge on any atom is -0.444 e. The zero-order valence-corrected chi connectivity index (χ0v) is 19.1. The molecule has 0 saturated heterocycles. The van der Waals surface area contributed by atoms with E-state index < -0.39 is 5.60 Å². The molecular weight excluding hydrogens is 371 g/mol. The molecule has 1 heterocycles. The van der Waals surface area contributed by atoms with Crippen molar-refractivity contribution in [3.8, 4) is 0 Å². The Morgan fingerprint density at radius 1 is 1.17 bits per heavy atom. The van der Waals surface area contributed by atoms with Gasteiger partial charge in [-0.1, -0.05) is 12.1 Å². The fourth-order valence-corrected chi connectivity index (χ4v) is 2.83. The van der Waals surface area contributed by atoms with Gasteiger partial charge in [-0.3, -0.25) is 0 Å². The van der Waals surface area contributed by atoms with E-state index in [0.29, 0.717) is 30.8 Å². The molecule has 0 saturated carbocycles. The summed E-state index contributed by atoms with van der Waals surface area (Å²) in [5.74, 6) is -0.278. The molecule has 1 aliphatic rings. The van der Waals surface area contributed by atoms with Gasteiger partial charge in [-0.25, -0.2) is 9.18 Å². The van der Waals surface area contributed by atoms with Crippen LogP contribution in [0.4, 0.5) is 9.18 Å². The van der Waals surface area contributed by atoms with Gasteiger partial charge in [0.15, 0.2) is 0 Å². The summed E-state index contributed by atoms with van der Waals surface area (Å²) in [4.78, 5) is 20.1. The number of halogens is 1. The maximum Gasteiger partial charge on any atom is 0.410 e. The fourth-order valence-electron chi connectivity index (χ4n) is 2.83. The van der Waals surface area contributed by atoms with E-state index in [0.717, 1.165) is 16.7 Å². The summed E-state index contributed by atoms with van der Waals surface area (Å²) in [6.45, 7) is 13.3. The van der Waals surface area contributed by atoms with Gasteiger partial charge in [0.1, 0.15) is 23.6 Å². The van der Waals surface area contributed by atoms with Gasteiger partial charge in [0.2, 0.25) is 0 Å². The predicted molar refractivity (Wildman–Crippen MR) is 113 cm³/mol. The van der Waals surface area contributed by atoms with E-state index in [-0.39, 0.29) is 17.4 Å². The summed E-state index contributed by atoms with van der Waals surface area (Å²) < 4.78 is 19.8. The lowest BCUT2D eigenvalue weighted by Gasteiger charge is -2.39. The molecule has 0 atom stereocenters. The third kappa shape index (κ3) is 6.28. The molecule has 1 aromatic rings. The van der Waals surface area contributed by atoms with Crippen LogP contribution in [0.3, 0.4) is 0 Å². The first-order valence-electron chi connectivity index (χ1n) is 10.1. The van der Waals surface area contributed by atoms with Crippen LogP contribution in [-0.2, 0) is 16.2 Å². The van der Waals surface area contributed by atoms with Gasteiger partial charge in [-0.15, -0.1) is 0 Å². The Morgan fingerprint density at radius 2 is 1.83 bits per heavy atom. The average molecular weight is 408 g/mol. The lowest BCUT2D eigenvalue weighted by molar-refractivity contribution is -1.11. The summed E-state index contributed by atoms with van der Waals surface area (Å²) in [5, 5.41) is 0. The van der Waals surface area contributed by atoms with Crippen molar-refractivity contribution in [3.63, 3.8) is 0 Å². The van der Waals surface area contributed by atoms with Crippen molar-refractivity contribution in [2.75, 3.05) is 27.2 Å². The molecule has 0 spiro atoms. The van der Waals surface area contributed by atoms with Gasteiger partial charge in [0.25, 0.3) is 0 Å². The van der Waals surface area contributed by atoms with Crippen molar-refractivity contribution in [2.24, 2.45) is 0 Å². The molecule has 0 unspecified atom stereocenters. The minimum atomic E-state index is -0.513. The van der Waals surface area contributed by atoms with Crippen molar-refractivity contribution in [2.45, 2.75) is 65.7 Å². The van der Waals surface area contributed by atoms with Crippen LogP contribution in [0.1, 0.15) is 59.1 Å². The van der Waals surface area contributed by atoms with Crippen molar-refractivity contribution >= 4 is 11.7 Å². The lowest BCUT2D eigenvalue weighted by atomic mass is 9.95. The van der Waals surface area contributed by atoms with Crippen LogP contribution in [0.15, 0.2) is 24.3 Å². The normalized spacial score (nSPS) is 15.9. The number of benzene rings is 1. The number of amides is 1. The number of hydroxylamine groups is 3. The monoisotopic (exact) mass is 407 g/mol. The molecule has 0 radical (unpaired) electrons. The molecule has 29 heavy (non-hydrogen) atoms. The van der Waals surface area contributed by atoms with E-state index in [4.69, 9.17) is 9.57 Å². The van der Waals surface area contributed by atoms with E-state index in [1.165, 1.54) is 6.07 Å². The number of quaternary nitrogens is 1. The van der Waals surface area contributed by atoms with Gasteiger partial charge in [0, 0.05) is 13.1 Å². The Kier molecular flexibility index (Phi) is 6.80. The van der Waals surface area contributed by atoms with Crippen LogP contribution in [0.5, 0.6) is 0 Å². The zero-order chi connectivity index (χ0) is 22.0. The smallest absolute Gasteiger partial charge is 0.410 e.